The Hall–Kier alpha value is -3.22. The Morgan fingerprint density at radius 1 is 1.16 bits per heavy atom. The zero-order chi connectivity index (χ0) is 30.9. The predicted octanol–water partition coefficient (Wildman–Crippen LogP) is 4.97. The summed E-state index contributed by atoms with van der Waals surface area (Å²) in [5, 5.41) is 8.04. The van der Waals surface area contributed by atoms with Gasteiger partial charge < -0.3 is 34.5 Å². The van der Waals surface area contributed by atoms with Crippen molar-refractivity contribution in [3.05, 3.63) is 41.0 Å². The van der Waals surface area contributed by atoms with Gasteiger partial charge in [0, 0.05) is 49.3 Å². The van der Waals surface area contributed by atoms with Crippen LogP contribution >= 0.6 is 23.2 Å². The van der Waals surface area contributed by atoms with E-state index < -0.39 is 0 Å². The van der Waals surface area contributed by atoms with E-state index in [9.17, 15) is 4.79 Å². The summed E-state index contributed by atoms with van der Waals surface area (Å²) in [6, 6.07) is 3.32. The number of nitrogens with one attached hydrogen (secondary N) is 2. The summed E-state index contributed by atoms with van der Waals surface area (Å²) in [5.74, 6) is 1.78. The molecule has 232 valence electrons. The van der Waals surface area contributed by atoms with Crippen LogP contribution < -0.4 is 20.1 Å². The third-order valence-corrected chi connectivity index (χ3v) is 7.87. The molecule has 3 heterocycles. The maximum absolute atomic E-state index is 12.1. The minimum Gasteiger partial charge on any atom is -0.495 e. The Morgan fingerprint density at radius 3 is 2.58 bits per heavy atom. The van der Waals surface area contributed by atoms with E-state index in [0.717, 1.165) is 13.0 Å². The Labute approximate surface area is 261 Å². The van der Waals surface area contributed by atoms with Crippen molar-refractivity contribution in [3.63, 3.8) is 0 Å². The van der Waals surface area contributed by atoms with Crippen molar-refractivity contribution >= 4 is 51.7 Å². The van der Waals surface area contributed by atoms with Gasteiger partial charge in [-0.2, -0.15) is 0 Å². The monoisotopic (exact) mass is 632 g/mol. The molecule has 0 amide bonds. The number of hydrogen-bond donors (Lipinski definition) is 2. The number of pyridine rings is 1. The maximum Gasteiger partial charge on any atom is 0.223 e. The lowest BCUT2D eigenvalue weighted by atomic mass is 9.90. The minimum atomic E-state index is -0.134. The SMILES string of the molecule is C=CC(=O)C[C@H]1CCOC[C@H]1Nc1ncc2cc(-c3c(Cl)c(OC)cc(OC)c3Cl)nc(NCCOCCN(C)C)c2n1. The molecular weight excluding hydrogens is 595 g/mol. The highest BCUT2D eigenvalue weighted by Gasteiger charge is 2.28. The van der Waals surface area contributed by atoms with Gasteiger partial charge in [-0.3, -0.25) is 4.79 Å². The molecule has 0 saturated carbocycles. The predicted molar refractivity (Wildman–Crippen MR) is 170 cm³/mol. The van der Waals surface area contributed by atoms with E-state index in [4.69, 9.17) is 52.1 Å². The summed E-state index contributed by atoms with van der Waals surface area (Å²) < 4.78 is 22.4. The summed E-state index contributed by atoms with van der Waals surface area (Å²) in [5.41, 5.74) is 1.54. The van der Waals surface area contributed by atoms with E-state index in [1.54, 1.807) is 12.3 Å². The molecule has 1 aliphatic heterocycles. The van der Waals surface area contributed by atoms with Crippen LogP contribution in [0.25, 0.3) is 22.2 Å². The van der Waals surface area contributed by atoms with Crippen LogP contribution in [0.5, 0.6) is 11.5 Å². The van der Waals surface area contributed by atoms with Gasteiger partial charge in [-0.15, -0.1) is 0 Å². The lowest BCUT2D eigenvalue weighted by Gasteiger charge is -2.31. The molecule has 0 bridgehead atoms. The fourth-order valence-electron chi connectivity index (χ4n) is 4.76. The molecule has 1 aromatic carbocycles. The largest absolute Gasteiger partial charge is 0.495 e. The third kappa shape index (κ3) is 8.24. The topological polar surface area (TPSA) is 120 Å². The van der Waals surface area contributed by atoms with Crippen molar-refractivity contribution in [2.24, 2.45) is 5.92 Å². The lowest BCUT2D eigenvalue weighted by Crippen LogP contribution is -2.40. The molecular formula is C30H38Cl2N6O5. The van der Waals surface area contributed by atoms with Gasteiger partial charge in [-0.25, -0.2) is 15.0 Å². The minimum absolute atomic E-state index is 0.000593. The summed E-state index contributed by atoms with van der Waals surface area (Å²) in [7, 11) is 7.04. The van der Waals surface area contributed by atoms with Gasteiger partial charge in [0.05, 0.1) is 55.8 Å². The van der Waals surface area contributed by atoms with Crippen molar-refractivity contribution in [2.75, 3.05) is 78.5 Å². The third-order valence-electron chi connectivity index (χ3n) is 7.12. The molecule has 0 unspecified atom stereocenters. The Kier molecular flexibility index (Phi) is 11.8. The molecule has 1 saturated heterocycles. The molecule has 0 aliphatic carbocycles. The number of likely N-dealkylation sites (N-methyl/N-ethyl adjacent to an activating group) is 1. The molecule has 1 fully saturated rings. The van der Waals surface area contributed by atoms with E-state index in [1.807, 2.05) is 20.2 Å². The summed E-state index contributed by atoms with van der Waals surface area (Å²) in [6.07, 6.45) is 4.21. The second-order valence-electron chi connectivity index (χ2n) is 10.4. The number of carbonyl (C=O) groups is 1. The molecule has 4 rings (SSSR count). The number of allylic oxidation sites excluding steroid dienone is 1. The maximum atomic E-state index is 12.1. The molecule has 1 aliphatic rings. The first-order valence-electron chi connectivity index (χ1n) is 14.0. The van der Waals surface area contributed by atoms with Gasteiger partial charge in [0.25, 0.3) is 0 Å². The number of rotatable bonds is 15. The van der Waals surface area contributed by atoms with Crippen LogP contribution in [0, 0.1) is 5.92 Å². The zero-order valence-electron chi connectivity index (χ0n) is 24.9. The second-order valence-corrected chi connectivity index (χ2v) is 11.1. The van der Waals surface area contributed by atoms with Gasteiger partial charge in [-0.05, 0) is 38.6 Å². The first kappa shape index (κ1) is 32.7. The van der Waals surface area contributed by atoms with Crippen LogP contribution in [0.4, 0.5) is 11.8 Å². The van der Waals surface area contributed by atoms with Crippen LogP contribution in [-0.4, -0.2) is 99.5 Å². The number of fused-ring (bicyclic) bond motifs is 1. The molecule has 2 aromatic heterocycles. The normalized spacial score (nSPS) is 16.7. The Morgan fingerprint density at radius 2 is 1.91 bits per heavy atom. The van der Waals surface area contributed by atoms with Crippen molar-refractivity contribution in [2.45, 2.75) is 18.9 Å². The van der Waals surface area contributed by atoms with E-state index >= 15 is 0 Å². The molecule has 11 nitrogen and oxygen atoms in total. The number of aromatic nitrogens is 3. The molecule has 2 atom stereocenters. The lowest BCUT2D eigenvalue weighted by molar-refractivity contribution is -0.116. The summed E-state index contributed by atoms with van der Waals surface area (Å²) in [6.45, 7) is 7.02. The highest BCUT2D eigenvalue weighted by Crippen LogP contribution is 2.46. The van der Waals surface area contributed by atoms with Gasteiger partial charge >= 0.3 is 0 Å². The number of carbonyl (C=O) groups excluding carboxylic acids is 1. The standard InChI is InChI=1S/C30H38Cl2N6O5/c1-6-20(39)13-18-7-10-43-17-22(18)36-30-34-16-19-14-21(25-26(31)23(40-4)15-24(41-5)27(25)32)35-29(28(19)37-30)33-8-11-42-12-9-38(2)3/h6,14-16,18,22H,1,7-13,17H2,2-5H3,(H,33,35)(H,34,36,37)/t18-,22-/m1/s1. The van der Waals surface area contributed by atoms with Crippen molar-refractivity contribution in [1.82, 2.24) is 19.9 Å². The van der Waals surface area contributed by atoms with Crippen LogP contribution in [0.15, 0.2) is 31.0 Å². The molecule has 3 aromatic rings. The van der Waals surface area contributed by atoms with Crippen molar-refractivity contribution in [3.8, 4) is 22.8 Å². The van der Waals surface area contributed by atoms with E-state index in [-0.39, 0.29) is 17.7 Å². The fourth-order valence-corrected chi connectivity index (χ4v) is 5.45. The van der Waals surface area contributed by atoms with E-state index in [0.29, 0.717) is 94.9 Å². The number of halogens is 2. The smallest absolute Gasteiger partial charge is 0.223 e. The highest BCUT2D eigenvalue weighted by atomic mass is 35.5. The molecule has 0 spiro atoms. The molecule has 2 N–H and O–H groups in total. The quantitative estimate of drug-likeness (QED) is 0.174. The van der Waals surface area contributed by atoms with Gasteiger partial charge in [0.2, 0.25) is 5.95 Å². The molecule has 43 heavy (non-hydrogen) atoms. The average Bonchev–Trinajstić information content (AvgIpc) is 3.00. The van der Waals surface area contributed by atoms with E-state index in [1.165, 1.54) is 20.3 Å². The second kappa shape index (κ2) is 15.5. The number of nitrogens with zero attached hydrogens (tertiary/aromatic N) is 4. The van der Waals surface area contributed by atoms with Crippen molar-refractivity contribution < 1.29 is 23.7 Å². The van der Waals surface area contributed by atoms with Crippen molar-refractivity contribution in [1.29, 1.82) is 0 Å². The summed E-state index contributed by atoms with van der Waals surface area (Å²) in [4.78, 5) is 28.4. The number of ether oxygens (including phenoxy) is 4. The molecule has 13 heteroatoms. The number of hydrogen-bond acceptors (Lipinski definition) is 11. The van der Waals surface area contributed by atoms with Gasteiger partial charge in [-0.1, -0.05) is 29.8 Å². The molecule has 0 radical (unpaired) electrons. The number of methoxy groups -OCH3 is 2. The van der Waals surface area contributed by atoms with Crippen LogP contribution in [0.3, 0.4) is 0 Å². The number of anilines is 2. The van der Waals surface area contributed by atoms with Gasteiger partial charge in [0.15, 0.2) is 11.6 Å². The average molecular weight is 634 g/mol. The number of ketones is 1. The van der Waals surface area contributed by atoms with Crippen LogP contribution in [0.1, 0.15) is 12.8 Å². The first-order chi connectivity index (χ1) is 20.7. The first-order valence-corrected chi connectivity index (χ1v) is 14.7. The van der Waals surface area contributed by atoms with E-state index in [2.05, 4.69) is 27.1 Å². The Bertz CT molecular complexity index is 1410. The number of benzene rings is 1. The zero-order valence-corrected chi connectivity index (χ0v) is 26.4. The van der Waals surface area contributed by atoms with Crippen LogP contribution in [0.2, 0.25) is 10.0 Å². The fraction of sp³-hybridized carbons (Fsp3) is 0.467. The summed E-state index contributed by atoms with van der Waals surface area (Å²) >= 11 is 13.5. The van der Waals surface area contributed by atoms with Gasteiger partial charge in [0.1, 0.15) is 17.0 Å². The van der Waals surface area contributed by atoms with Crippen LogP contribution in [-0.2, 0) is 14.3 Å². The highest BCUT2D eigenvalue weighted by molar-refractivity contribution is 6.41. The Balaban J connectivity index is 1.70.